The molecular weight excluding hydrogens is 515 g/mol. The molecule has 208 valence electrons. The van der Waals surface area contributed by atoms with E-state index in [0.29, 0.717) is 37.4 Å². The van der Waals surface area contributed by atoms with Crippen molar-refractivity contribution in [2.45, 2.75) is 50.9 Å². The molecular formula is C27H30F3N5O4. The minimum Gasteiger partial charge on any atom is -0.382 e. The summed E-state index contributed by atoms with van der Waals surface area (Å²) in [6.07, 6.45) is -1.38. The van der Waals surface area contributed by atoms with Crippen LogP contribution in [0.4, 0.5) is 35.9 Å². The molecule has 0 atom stereocenters. The third-order valence-electron chi connectivity index (χ3n) is 7.28. The van der Waals surface area contributed by atoms with Crippen molar-refractivity contribution in [3.8, 4) is 0 Å². The van der Waals surface area contributed by atoms with Gasteiger partial charge in [0, 0.05) is 55.2 Å². The van der Waals surface area contributed by atoms with Crippen LogP contribution in [0.25, 0.3) is 4.85 Å². The van der Waals surface area contributed by atoms with E-state index in [9.17, 15) is 28.1 Å². The SMILES string of the molecule is [C-]#[N+]c1ccc(N2CCN(C(=O)COC3CCC(Nc4ccc([N+](=O)[O-])c(C)c4)CC3)CC2)cc1C(F)(F)F. The number of rotatable bonds is 7. The first kappa shape index (κ1) is 28.2. The Morgan fingerprint density at radius 1 is 1.13 bits per heavy atom. The van der Waals surface area contributed by atoms with E-state index in [1.165, 1.54) is 18.2 Å². The standard InChI is InChI=1S/C27H30F3N5O4/c1-18-15-20(5-10-25(18)35(37)38)32-19-3-7-22(8-4-19)39-17-26(36)34-13-11-33(12-14-34)21-6-9-24(31-2)23(16-21)27(28,29)30/h5-6,9-10,15-16,19,22,32H,3-4,7-8,11-14,17H2,1H3. The summed E-state index contributed by atoms with van der Waals surface area (Å²) >= 11 is 0. The highest BCUT2D eigenvalue weighted by Crippen LogP contribution is 2.39. The molecule has 1 N–H and O–H groups in total. The molecule has 0 bridgehead atoms. The van der Waals surface area contributed by atoms with Crippen LogP contribution in [0.15, 0.2) is 36.4 Å². The van der Waals surface area contributed by atoms with Gasteiger partial charge in [-0.05, 0) is 56.9 Å². The van der Waals surface area contributed by atoms with Crippen molar-refractivity contribution in [2.75, 3.05) is 43.0 Å². The third-order valence-corrected chi connectivity index (χ3v) is 7.28. The fraction of sp³-hybridized carbons (Fsp3) is 0.481. The second kappa shape index (κ2) is 11.9. The Hall–Kier alpha value is -3.85. The first-order valence-electron chi connectivity index (χ1n) is 12.8. The number of piperazine rings is 1. The van der Waals surface area contributed by atoms with Crippen molar-refractivity contribution in [3.63, 3.8) is 0 Å². The van der Waals surface area contributed by atoms with Crippen LogP contribution in [0.1, 0.15) is 36.8 Å². The van der Waals surface area contributed by atoms with Gasteiger partial charge in [-0.1, -0.05) is 6.07 Å². The number of carbonyl (C=O) groups is 1. The zero-order valence-electron chi connectivity index (χ0n) is 21.5. The number of ether oxygens (including phenoxy) is 1. The van der Waals surface area contributed by atoms with Crippen LogP contribution < -0.4 is 10.2 Å². The molecule has 0 unspecified atom stereocenters. The average Bonchev–Trinajstić information content (AvgIpc) is 2.91. The van der Waals surface area contributed by atoms with Gasteiger partial charge in [-0.25, -0.2) is 4.85 Å². The van der Waals surface area contributed by atoms with Gasteiger partial charge in [0.15, 0.2) is 5.69 Å². The van der Waals surface area contributed by atoms with Gasteiger partial charge in [0.25, 0.3) is 5.69 Å². The van der Waals surface area contributed by atoms with Crippen LogP contribution in [0.5, 0.6) is 0 Å². The van der Waals surface area contributed by atoms with Gasteiger partial charge in [0.2, 0.25) is 5.91 Å². The van der Waals surface area contributed by atoms with E-state index in [1.807, 2.05) is 0 Å². The number of alkyl halides is 3. The number of nitrogens with zero attached hydrogens (tertiary/aromatic N) is 4. The number of nitro groups is 1. The number of halogens is 3. The van der Waals surface area contributed by atoms with Crippen LogP contribution in [0.3, 0.4) is 0 Å². The number of benzene rings is 2. The smallest absolute Gasteiger partial charge is 0.382 e. The lowest BCUT2D eigenvalue weighted by molar-refractivity contribution is -0.385. The Morgan fingerprint density at radius 3 is 2.41 bits per heavy atom. The Kier molecular flexibility index (Phi) is 8.60. The molecule has 1 amide bonds. The summed E-state index contributed by atoms with van der Waals surface area (Å²) in [6, 6.07) is 8.91. The molecule has 0 aromatic heterocycles. The van der Waals surface area contributed by atoms with E-state index >= 15 is 0 Å². The lowest BCUT2D eigenvalue weighted by Crippen LogP contribution is -2.50. The highest BCUT2D eigenvalue weighted by molar-refractivity contribution is 5.78. The summed E-state index contributed by atoms with van der Waals surface area (Å²) in [5, 5.41) is 14.4. The molecule has 2 aliphatic rings. The molecule has 9 nitrogen and oxygen atoms in total. The molecule has 1 heterocycles. The van der Waals surface area contributed by atoms with E-state index in [4.69, 9.17) is 11.3 Å². The third kappa shape index (κ3) is 6.97. The Balaban J connectivity index is 1.20. The van der Waals surface area contributed by atoms with Crippen molar-refractivity contribution < 1.29 is 27.6 Å². The lowest BCUT2D eigenvalue weighted by atomic mass is 9.92. The number of anilines is 2. The highest BCUT2D eigenvalue weighted by Gasteiger charge is 2.34. The van der Waals surface area contributed by atoms with E-state index in [2.05, 4.69) is 10.2 Å². The van der Waals surface area contributed by atoms with Crippen molar-refractivity contribution in [1.29, 1.82) is 0 Å². The van der Waals surface area contributed by atoms with Crippen molar-refractivity contribution in [2.24, 2.45) is 0 Å². The number of hydrogen-bond acceptors (Lipinski definition) is 6. The van der Waals surface area contributed by atoms with Gasteiger partial charge in [0.1, 0.15) is 6.61 Å². The topological polar surface area (TPSA) is 92.3 Å². The van der Waals surface area contributed by atoms with Crippen molar-refractivity contribution in [3.05, 3.63) is 69.1 Å². The molecule has 1 saturated carbocycles. The molecule has 2 fully saturated rings. The number of hydrogen-bond donors (Lipinski definition) is 1. The van der Waals surface area contributed by atoms with E-state index < -0.39 is 22.4 Å². The summed E-state index contributed by atoms with van der Waals surface area (Å²) in [4.78, 5) is 29.7. The summed E-state index contributed by atoms with van der Waals surface area (Å²) < 4.78 is 45.8. The molecule has 12 heteroatoms. The molecule has 1 aliphatic carbocycles. The summed E-state index contributed by atoms with van der Waals surface area (Å²) in [7, 11) is 0. The summed E-state index contributed by atoms with van der Waals surface area (Å²) in [5.74, 6) is -0.143. The quantitative estimate of drug-likeness (QED) is 0.278. The second-order valence-electron chi connectivity index (χ2n) is 9.87. The molecule has 39 heavy (non-hydrogen) atoms. The van der Waals surface area contributed by atoms with E-state index in [1.54, 1.807) is 28.9 Å². The van der Waals surface area contributed by atoms with Crippen LogP contribution in [-0.2, 0) is 15.7 Å². The first-order chi connectivity index (χ1) is 18.5. The second-order valence-corrected chi connectivity index (χ2v) is 9.87. The van der Waals surface area contributed by atoms with Gasteiger partial charge in [0.05, 0.1) is 23.2 Å². The average molecular weight is 546 g/mol. The molecule has 1 aliphatic heterocycles. The minimum absolute atomic E-state index is 0.0337. The Morgan fingerprint density at radius 2 is 1.82 bits per heavy atom. The molecule has 0 spiro atoms. The van der Waals surface area contributed by atoms with Crippen LogP contribution >= 0.6 is 0 Å². The number of aryl methyl sites for hydroxylation is 1. The van der Waals surface area contributed by atoms with E-state index in [-0.39, 0.29) is 30.3 Å². The summed E-state index contributed by atoms with van der Waals surface area (Å²) in [6.45, 7) is 10.2. The van der Waals surface area contributed by atoms with Gasteiger partial charge in [-0.3, -0.25) is 14.9 Å². The van der Waals surface area contributed by atoms with Crippen LogP contribution in [0, 0.1) is 23.6 Å². The minimum atomic E-state index is -4.61. The van der Waals surface area contributed by atoms with Crippen molar-refractivity contribution >= 4 is 28.7 Å². The predicted octanol–water partition coefficient (Wildman–Crippen LogP) is 5.56. The maximum absolute atomic E-state index is 13.3. The van der Waals surface area contributed by atoms with Gasteiger partial charge in [-0.15, -0.1) is 0 Å². The molecule has 1 saturated heterocycles. The number of carbonyl (C=O) groups excluding carboxylic acids is 1. The van der Waals surface area contributed by atoms with Gasteiger partial charge >= 0.3 is 6.18 Å². The fourth-order valence-corrected chi connectivity index (χ4v) is 5.10. The first-order valence-corrected chi connectivity index (χ1v) is 12.8. The number of amides is 1. The number of nitrogens with one attached hydrogen (secondary N) is 1. The van der Waals surface area contributed by atoms with Crippen LogP contribution in [-0.4, -0.2) is 60.7 Å². The molecule has 2 aromatic rings. The normalized spacial score (nSPS) is 19.9. The highest BCUT2D eigenvalue weighted by atomic mass is 19.4. The Labute approximate surface area is 224 Å². The Bertz CT molecular complexity index is 1250. The largest absolute Gasteiger partial charge is 0.407 e. The fourth-order valence-electron chi connectivity index (χ4n) is 5.10. The number of nitro benzene ring substituents is 1. The molecule has 4 rings (SSSR count). The maximum Gasteiger partial charge on any atom is 0.407 e. The van der Waals surface area contributed by atoms with Gasteiger partial charge in [-0.2, -0.15) is 13.2 Å². The van der Waals surface area contributed by atoms with Crippen molar-refractivity contribution in [1.82, 2.24) is 4.90 Å². The zero-order chi connectivity index (χ0) is 28.2. The zero-order valence-corrected chi connectivity index (χ0v) is 21.5. The molecule has 0 radical (unpaired) electrons. The maximum atomic E-state index is 13.3. The van der Waals surface area contributed by atoms with Gasteiger partial charge < -0.3 is 19.9 Å². The monoisotopic (exact) mass is 545 g/mol. The van der Waals surface area contributed by atoms with E-state index in [0.717, 1.165) is 37.4 Å². The predicted molar refractivity (Wildman–Crippen MR) is 140 cm³/mol. The lowest BCUT2D eigenvalue weighted by Gasteiger charge is -2.37. The van der Waals surface area contributed by atoms with Crippen LogP contribution in [0.2, 0.25) is 0 Å². The summed E-state index contributed by atoms with van der Waals surface area (Å²) in [5.41, 5.74) is 0.541. The molecule has 2 aromatic carbocycles.